The zero-order chi connectivity index (χ0) is 20.9. The highest BCUT2D eigenvalue weighted by atomic mass is 32.2. The number of thioether (sulfide) groups is 1. The molecule has 0 radical (unpaired) electrons. The van der Waals surface area contributed by atoms with Gasteiger partial charge in [0.05, 0.1) is 12.0 Å². The number of hydrogen-bond donors (Lipinski definition) is 0. The number of rotatable bonds is 6. The average Bonchev–Trinajstić information content (AvgIpc) is 2.86. The van der Waals surface area contributed by atoms with Crippen LogP contribution in [0, 0.1) is 0 Å². The minimum Gasteiger partial charge on any atom is -0.481 e. The summed E-state index contributed by atoms with van der Waals surface area (Å²) in [6, 6.07) is 6.73. The fraction of sp³-hybridized carbons (Fsp3) is 0.368. The fourth-order valence-electron chi connectivity index (χ4n) is 2.21. The van der Waals surface area contributed by atoms with E-state index in [2.05, 4.69) is 4.74 Å². The van der Waals surface area contributed by atoms with Gasteiger partial charge in [-0.1, -0.05) is 18.2 Å². The third-order valence-corrected chi connectivity index (χ3v) is 4.27. The molecule has 0 spiro atoms. The molecule has 1 aromatic carbocycles. The summed E-state index contributed by atoms with van der Waals surface area (Å²) in [6.45, 7) is 4.35. The number of hydrogen-bond acceptors (Lipinski definition) is 8. The van der Waals surface area contributed by atoms with Crippen molar-refractivity contribution in [1.82, 2.24) is 4.90 Å². The molecular formula is C19H21NO7S. The number of imide groups is 1. The van der Waals surface area contributed by atoms with Crippen LogP contribution in [0.25, 0.3) is 6.08 Å². The van der Waals surface area contributed by atoms with Crippen molar-refractivity contribution in [3.8, 4) is 5.75 Å². The smallest absolute Gasteiger partial charge is 0.343 e. The van der Waals surface area contributed by atoms with Crippen LogP contribution in [0.1, 0.15) is 26.3 Å². The molecule has 0 N–H and O–H groups in total. The number of carbonyl (C=O) groups excluding carboxylic acids is 4. The lowest BCUT2D eigenvalue weighted by Crippen LogP contribution is -2.37. The Hall–Kier alpha value is -2.81. The Morgan fingerprint density at radius 1 is 1.14 bits per heavy atom. The van der Waals surface area contributed by atoms with Gasteiger partial charge in [-0.05, 0) is 44.7 Å². The second kappa shape index (κ2) is 8.92. The molecule has 1 fully saturated rings. The van der Waals surface area contributed by atoms with Crippen molar-refractivity contribution in [2.75, 3.05) is 20.3 Å². The molecule has 2 amide bonds. The largest absolute Gasteiger partial charge is 0.481 e. The molecule has 2 rings (SSSR count). The SMILES string of the molecule is COC(=O)COc1ccccc1C=C1SC(=O)N(CC(=O)OC(C)(C)C)C1=O. The number of benzene rings is 1. The third kappa shape index (κ3) is 5.85. The molecule has 1 aliphatic rings. The minimum absolute atomic E-state index is 0.141. The second-order valence-electron chi connectivity index (χ2n) is 6.76. The fourth-order valence-corrected chi connectivity index (χ4v) is 3.04. The van der Waals surface area contributed by atoms with Crippen LogP contribution in [-0.2, 0) is 23.9 Å². The van der Waals surface area contributed by atoms with E-state index in [9.17, 15) is 19.2 Å². The Balaban J connectivity index is 2.15. The first kappa shape index (κ1) is 21.5. The van der Waals surface area contributed by atoms with Crippen LogP contribution < -0.4 is 4.74 Å². The average molecular weight is 407 g/mol. The predicted octanol–water partition coefficient (Wildman–Crippen LogP) is 2.62. The summed E-state index contributed by atoms with van der Waals surface area (Å²) in [4.78, 5) is 48.9. The molecule has 1 aliphatic heterocycles. The normalized spacial score (nSPS) is 15.7. The van der Waals surface area contributed by atoms with Gasteiger partial charge in [0.15, 0.2) is 6.61 Å². The molecule has 0 aromatic heterocycles. The maximum absolute atomic E-state index is 12.5. The standard InChI is InChI=1S/C19H21NO7S/c1-19(2,3)27-15(21)10-20-17(23)14(28-18(20)24)9-12-7-5-6-8-13(12)26-11-16(22)25-4/h5-9H,10-11H2,1-4H3. The zero-order valence-electron chi connectivity index (χ0n) is 16.0. The van der Waals surface area contributed by atoms with Gasteiger partial charge in [0.25, 0.3) is 11.1 Å². The van der Waals surface area contributed by atoms with E-state index in [4.69, 9.17) is 9.47 Å². The zero-order valence-corrected chi connectivity index (χ0v) is 16.8. The molecule has 0 unspecified atom stereocenters. The first-order valence-electron chi connectivity index (χ1n) is 8.36. The van der Waals surface area contributed by atoms with Crippen molar-refractivity contribution in [3.63, 3.8) is 0 Å². The molecule has 28 heavy (non-hydrogen) atoms. The summed E-state index contributed by atoms with van der Waals surface area (Å²) >= 11 is 0.718. The Labute approximate surface area is 166 Å². The molecular weight excluding hydrogens is 386 g/mol. The van der Waals surface area contributed by atoms with Gasteiger partial charge in [0, 0.05) is 5.56 Å². The summed E-state index contributed by atoms with van der Waals surface area (Å²) in [5, 5.41) is -0.560. The lowest BCUT2D eigenvalue weighted by Gasteiger charge is -2.21. The van der Waals surface area contributed by atoms with Gasteiger partial charge < -0.3 is 14.2 Å². The van der Waals surface area contributed by atoms with Gasteiger partial charge in [-0.3, -0.25) is 19.3 Å². The predicted molar refractivity (Wildman–Crippen MR) is 102 cm³/mol. The highest BCUT2D eigenvalue weighted by Gasteiger charge is 2.37. The molecule has 1 saturated heterocycles. The second-order valence-corrected chi connectivity index (χ2v) is 7.75. The first-order chi connectivity index (χ1) is 13.1. The number of ether oxygens (including phenoxy) is 3. The molecule has 9 heteroatoms. The maximum Gasteiger partial charge on any atom is 0.343 e. The lowest BCUT2D eigenvalue weighted by atomic mass is 10.2. The van der Waals surface area contributed by atoms with Crippen LogP contribution in [0.15, 0.2) is 29.2 Å². The van der Waals surface area contributed by atoms with Crippen molar-refractivity contribution in [1.29, 1.82) is 0 Å². The van der Waals surface area contributed by atoms with Crippen molar-refractivity contribution in [3.05, 3.63) is 34.7 Å². The van der Waals surface area contributed by atoms with Crippen LogP contribution in [0.5, 0.6) is 5.75 Å². The van der Waals surface area contributed by atoms with Crippen molar-refractivity contribution in [2.24, 2.45) is 0 Å². The minimum atomic E-state index is -0.718. The topological polar surface area (TPSA) is 99.2 Å². The summed E-state index contributed by atoms with van der Waals surface area (Å²) < 4.78 is 15.1. The van der Waals surface area contributed by atoms with E-state index in [0.29, 0.717) is 11.3 Å². The van der Waals surface area contributed by atoms with Crippen LogP contribution in [0.3, 0.4) is 0 Å². The summed E-state index contributed by atoms with van der Waals surface area (Å²) in [5.41, 5.74) is -0.209. The number of esters is 2. The van der Waals surface area contributed by atoms with E-state index in [-0.39, 0.29) is 11.5 Å². The number of carbonyl (C=O) groups is 4. The van der Waals surface area contributed by atoms with E-state index in [1.807, 2.05) is 0 Å². The van der Waals surface area contributed by atoms with Gasteiger partial charge in [-0.15, -0.1) is 0 Å². The molecule has 0 aliphatic carbocycles. The number of methoxy groups -OCH3 is 1. The number of amides is 2. The van der Waals surface area contributed by atoms with E-state index >= 15 is 0 Å². The number of nitrogens with zero attached hydrogens (tertiary/aromatic N) is 1. The molecule has 150 valence electrons. The van der Waals surface area contributed by atoms with E-state index in [1.165, 1.54) is 13.2 Å². The van der Waals surface area contributed by atoms with Crippen LogP contribution in [0.2, 0.25) is 0 Å². The van der Waals surface area contributed by atoms with Crippen molar-refractivity contribution < 1.29 is 33.4 Å². The third-order valence-electron chi connectivity index (χ3n) is 3.36. The lowest BCUT2D eigenvalue weighted by molar-refractivity contribution is -0.156. The van der Waals surface area contributed by atoms with Crippen LogP contribution in [-0.4, -0.2) is 53.8 Å². The Kier molecular flexibility index (Phi) is 6.85. The first-order valence-corrected chi connectivity index (χ1v) is 9.18. The van der Waals surface area contributed by atoms with Gasteiger partial charge in [0.1, 0.15) is 17.9 Å². The summed E-state index contributed by atoms with van der Waals surface area (Å²) in [6.07, 6.45) is 1.48. The molecule has 0 saturated carbocycles. The molecule has 0 bridgehead atoms. The molecule has 1 heterocycles. The quantitative estimate of drug-likeness (QED) is 0.524. The maximum atomic E-state index is 12.5. The molecule has 8 nitrogen and oxygen atoms in total. The van der Waals surface area contributed by atoms with Crippen molar-refractivity contribution >= 4 is 40.9 Å². The monoisotopic (exact) mass is 407 g/mol. The van der Waals surface area contributed by atoms with Gasteiger partial charge in [-0.25, -0.2) is 4.79 Å². The van der Waals surface area contributed by atoms with Gasteiger partial charge in [-0.2, -0.15) is 0 Å². The van der Waals surface area contributed by atoms with E-state index < -0.39 is 35.2 Å². The van der Waals surface area contributed by atoms with E-state index in [0.717, 1.165) is 16.7 Å². The highest BCUT2D eigenvalue weighted by molar-refractivity contribution is 8.18. The van der Waals surface area contributed by atoms with Crippen LogP contribution >= 0.6 is 11.8 Å². The molecule has 1 aromatic rings. The Morgan fingerprint density at radius 3 is 2.46 bits per heavy atom. The van der Waals surface area contributed by atoms with Crippen LogP contribution in [0.4, 0.5) is 4.79 Å². The van der Waals surface area contributed by atoms with Crippen molar-refractivity contribution in [2.45, 2.75) is 26.4 Å². The number of para-hydroxylation sites is 1. The van der Waals surface area contributed by atoms with Gasteiger partial charge in [0.2, 0.25) is 0 Å². The summed E-state index contributed by atoms with van der Waals surface area (Å²) in [7, 11) is 1.25. The van der Waals surface area contributed by atoms with Gasteiger partial charge >= 0.3 is 11.9 Å². The summed E-state index contributed by atoms with van der Waals surface area (Å²) in [5.74, 6) is -1.46. The van der Waals surface area contributed by atoms with E-state index in [1.54, 1.807) is 45.0 Å². The Morgan fingerprint density at radius 2 is 1.82 bits per heavy atom. The molecule has 0 atom stereocenters. The highest BCUT2D eigenvalue weighted by Crippen LogP contribution is 2.34. The Bertz CT molecular complexity index is 826.